The largest absolute Gasteiger partial charge is 0.352 e. The van der Waals surface area contributed by atoms with Gasteiger partial charge in [0.25, 0.3) is 0 Å². The monoisotopic (exact) mass is 314 g/mol. The van der Waals surface area contributed by atoms with Crippen molar-refractivity contribution in [1.29, 1.82) is 0 Å². The lowest BCUT2D eigenvalue weighted by Gasteiger charge is -2.02. The zero-order valence-electron chi connectivity index (χ0n) is 11.7. The molecule has 6 nitrogen and oxygen atoms in total. The summed E-state index contributed by atoms with van der Waals surface area (Å²) in [6, 6.07) is 1.67. The van der Waals surface area contributed by atoms with E-state index >= 15 is 0 Å². The molecule has 2 rings (SSSR count). The fraction of sp³-hybridized carbons (Fsp3) is 0.417. The Morgan fingerprint density at radius 1 is 1.40 bits per heavy atom. The molecular formula is C12H18N4O2S2. The molecule has 0 aliphatic heterocycles. The average molecular weight is 314 g/mol. The number of nitrogens with zero attached hydrogens (tertiary/aromatic N) is 2. The summed E-state index contributed by atoms with van der Waals surface area (Å²) in [7, 11) is 0.149. The molecule has 0 aliphatic carbocycles. The molecule has 0 fully saturated rings. The number of rotatable bonds is 6. The van der Waals surface area contributed by atoms with Crippen molar-refractivity contribution in [3.05, 3.63) is 34.0 Å². The van der Waals surface area contributed by atoms with Crippen molar-refractivity contribution in [3.8, 4) is 0 Å². The summed E-state index contributed by atoms with van der Waals surface area (Å²) in [6.07, 6.45) is 1.61. The molecule has 0 amide bonds. The van der Waals surface area contributed by atoms with Crippen LogP contribution in [0.5, 0.6) is 0 Å². The van der Waals surface area contributed by atoms with Gasteiger partial charge in [-0.3, -0.25) is 0 Å². The van der Waals surface area contributed by atoms with E-state index < -0.39 is 10.0 Å². The van der Waals surface area contributed by atoms with E-state index in [9.17, 15) is 8.42 Å². The number of hydrogen-bond donors (Lipinski definition) is 2. The number of aromatic nitrogens is 2. The summed E-state index contributed by atoms with van der Waals surface area (Å²) in [5.41, 5.74) is 1.65. The smallest absolute Gasteiger partial charge is 0.242 e. The first-order valence-corrected chi connectivity index (χ1v) is 8.49. The first kappa shape index (κ1) is 15.2. The predicted octanol–water partition coefficient (Wildman–Crippen LogP) is 0.988. The van der Waals surface area contributed by atoms with Gasteiger partial charge < -0.3 is 9.88 Å². The molecule has 0 spiro atoms. The summed E-state index contributed by atoms with van der Waals surface area (Å²) in [5, 5.41) is 5.79. The summed E-state index contributed by atoms with van der Waals surface area (Å²) < 4.78 is 28.8. The van der Waals surface area contributed by atoms with Gasteiger partial charge >= 0.3 is 0 Å². The SMILES string of the molecule is CNCc1cc(S(=O)(=O)NCc2csc(C)n2)cn1C. The van der Waals surface area contributed by atoms with Crippen molar-refractivity contribution in [3.63, 3.8) is 0 Å². The molecule has 2 heterocycles. The van der Waals surface area contributed by atoms with Crippen LogP contribution >= 0.6 is 11.3 Å². The number of nitrogens with one attached hydrogen (secondary N) is 2. The first-order chi connectivity index (χ1) is 9.42. The fourth-order valence-electron chi connectivity index (χ4n) is 1.82. The Hall–Kier alpha value is -1.22. The van der Waals surface area contributed by atoms with Crippen molar-refractivity contribution in [2.24, 2.45) is 7.05 Å². The van der Waals surface area contributed by atoms with E-state index in [1.165, 1.54) is 11.3 Å². The number of hydrogen-bond acceptors (Lipinski definition) is 5. The van der Waals surface area contributed by atoms with Crippen molar-refractivity contribution in [1.82, 2.24) is 19.6 Å². The molecule has 110 valence electrons. The van der Waals surface area contributed by atoms with Crippen molar-refractivity contribution < 1.29 is 8.42 Å². The highest BCUT2D eigenvalue weighted by molar-refractivity contribution is 7.89. The normalized spacial score (nSPS) is 11.9. The second kappa shape index (κ2) is 6.04. The van der Waals surface area contributed by atoms with Crippen LogP contribution < -0.4 is 10.0 Å². The maximum Gasteiger partial charge on any atom is 0.242 e. The summed E-state index contributed by atoms with van der Waals surface area (Å²) >= 11 is 1.51. The van der Waals surface area contributed by atoms with Crippen LogP contribution in [0, 0.1) is 6.92 Å². The lowest BCUT2D eigenvalue weighted by molar-refractivity contribution is 0.580. The van der Waals surface area contributed by atoms with Gasteiger partial charge in [-0.25, -0.2) is 18.1 Å². The summed E-state index contributed by atoms with van der Waals surface area (Å²) in [4.78, 5) is 4.51. The fourth-order valence-corrected chi connectivity index (χ4v) is 3.53. The van der Waals surface area contributed by atoms with E-state index in [-0.39, 0.29) is 11.4 Å². The number of thiazole rings is 1. The molecular weight excluding hydrogens is 296 g/mol. The highest BCUT2D eigenvalue weighted by Gasteiger charge is 2.17. The Morgan fingerprint density at radius 3 is 2.75 bits per heavy atom. The topological polar surface area (TPSA) is 76.0 Å². The molecule has 0 unspecified atom stereocenters. The third-order valence-corrected chi connectivity index (χ3v) is 5.05. The van der Waals surface area contributed by atoms with E-state index in [1.807, 2.05) is 26.4 Å². The Kier molecular flexibility index (Phi) is 4.59. The van der Waals surface area contributed by atoms with Gasteiger partial charge in [0, 0.05) is 30.9 Å². The molecule has 0 aliphatic rings. The zero-order valence-corrected chi connectivity index (χ0v) is 13.3. The summed E-state index contributed by atoms with van der Waals surface area (Å²) in [5.74, 6) is 0. The highest BCUT2D eigenvalue weighted by Crippen LogP contribution is 2.14. The van der Waals surface area contributed by atoms with E-state index in [4.69, 9.17) is 0 Å². The van der Waals surface area contributed by atoms with Crippen molar-refractivity contribution >= 4 is 21.4 Å². The van der Waals surface area contributed by atoms with Gasteiger partial charge in [-0.05, 0) is 20.0 Å². The van der Waals surface area contributed by atoms with Crippen LogP contribution in [0.15, 0.2) is 22.5 Å². The van der Waals surface area contributed by atoms with Gasteiger partial charge in [0.15, 0.2) is 0 Å². The minimum Gasteiger partial charge on any atom is -0.352 e. The molecule has 0 atom stereocenters. The van der Waals surface area contributed by atoms with Crippen LogP contribution in [0.2, 0.25) is 0 Å². The molecule has 2 N–H and O–H groups in total. The van der Waals surface area contributed by atoms with Gasteiger partial charge in [0.05, 0.1) is 22.1 Å². The maximum atomic E-state index is 12.2. The molecule has 0 aromatic carbocycles. The van der Waals surface area contributed by atoms with Gasteiger partial charge in [0.1, 0.15) is 0 Å². The Morgan fingerprint density at radius 2 is 2.15 bits per heavy atom. The molecule has 20 heavy (non-hydrogen) atoms. The maximum absolute atomic E-state index is 12.2. The molecule has 0 saturated carbocycles. The third-order valence-electron chi connectivity index (χ3n) is 2.86. The Balaban J connectivity index is 2.11. The zero-order chi connectivity index (χ0) is 14.8. The van der Waals surface area contributed by atoms with Crippen molar-refractivity contribution in [2.75, 3.05) is 7.05 Å². The van der Waals surface area contributed by atoms with Crippen LogP contribution in [-0.4, -0.2) is 25.0 Å². The van der Waals surface area contributed by atoms with Gasteiger partial charge in [-0.15, -0.1) is 11.3 Å². The second-order valence-electron chi connectivity index (χ2n) is 4.49. The van der Waals surface area contributed by atoms with Gasteiger partial charge in [0.2, 0.25) is 10.0 Å². The molecule has 2 aromatic heterocycles. The Labute approximate surface area is 122 Å². The molecule has 2 aromatic rings. The van der Waals surface area contributed by atoms with Crippen LogP contribution in [0.4, 0.5) is 0 Å². The van der Waals surface area contributed by atoms with Crippen LogP contribution in [0.1, 0.15) is 16.4 Å². The highest BCUT2D eigenvalue weighted by atomic mass is 32.2. The van der Waals surface area contributed by atoms with E-state index in [2.05, 4.69) is 15.0 Å². The number of sulfonamides is 1. The third kappa shape index (κ3) is 3.45. The quantitative estimate of drug-likeness (QED) is 0.833. The van der Waals surface area contributed by atoms with E-state index in [0.29, 0.717) is 6.54 Å². The van der Waals surface area contributed by atoms with Crippen LogP contribution in [-0.2, 0) is 30.2 Å². The van der Waals surface area contributed by atoms with Crippen LogP contribution in [0.3, 0.4) is 0 Å². The lowest BCUT2D eigenvalue weighted by atomic mass is 10.4. The molecule has 0 bridgehead atoms. The Bertz CT molecular complexity index is 688. The molecule has 8 heteroatoms. The first-order valence-electron chi connectivity index (χ1n) is 6.13. The van der Waals surface area contributed by atoms with Gasteiger partial charge in [-0.2, -0.15) is 0 Å². The minimum absolute atomic E-state index is 0.211. The average Bonchev–Trinajstić information content (AvgIpc) is 2.95. The standard InChI is InChI=1S/C12H18N4O2S2/c1-9-15-10(8-19-9)5-14-20(17,18)12-4-11(6-13-2)16(3)7-12/h4,7-8,13-14H,5-6H2,1-3H3. The minimum atomic E-state index is -3.50. The van der Waals surface area contributed by atoms with E-state index in [0.717, 1.165) is 16.4 Å². The lowest BCUT2D eigenvalue weighted by Crippen LogP contribution is -2.23. The molecule has 0 radical (unpaired) electrons. The van der Waals surface area contributed by atoms with Crippen LogP contribution in [0.25, 0.3) is 0 Å². The number of aryl methyl sites for hydroxylation is 2. The van der Waals surface area contributed by atoms with E-state index in [1.54, 1.807) is 16.8 Å². The summed E-state index contributed by atoms with van der Waals surface area (Å²) in [6.45, 7) is 2.73. The van der Waals surface area contributed by atoms with Gasteiger partial charge in [-0.1, -0.05) is 0 Å². The van der Waals surface area contributed by atoms with Crippen molar-refractivity contribution in [2.45, 2.75) is 24.9 Å². The predicted molar refractivity (Wildman–Crippen MR) is 79.1 cm³/mol. The molecule has 0 saturated heterocycles. The second-order valence-corrected chi connectivity index (χ2v) is 7.32.